The Balaban J connectivity index is 2.02. The summed E-state index contributed by atoms with van der Waals surface area (Å²) in [5.41, 5.74) is 5.89. The molecule has 0 aliphatic carbocycles. The highest BCUT2D eigenvalue weighted by molar-refractivity contribution is 6.06. The normalized spacial score (nSPS) is 10.5. The van der Waals surface area contributed by atoms with E-state index in [1.165, 1.54) is 19.2 Å². The van der Waals surface area contributed by atoms with Crippen molar-refractivity contribution in [2.45, 2.75) is 0 Å². The quantitative estimate of drug-likeness (QED) is 0.286. The molecule has 0 unspecified atom stereocenters. The highest BCUT2D eigenvalue weighted by Crippen LogP contribution is 2.34. The molecule has 0 fully saturated rings. The molecule has 0 radical (unpaired) electrons. The summed E-state index contributed by atoms with van der Waals surface area (Å²) < 4.78 is 5.72. The molecular weight excluding hydrogens is 338 g/mol. The third-order valence-electron chi connectivity index (χ3n) is 3.80. The smallest absolute Gasteiger partial charge is 0.311 e. The molecule has 0 saturated carbocycles. The lowest BCUT2D eigenvalue weighted by Crippen LogP contribution is -2.38. The SMILES string of the molecule is CN(C(=N)N)C(=O)c1cc2cccc(Oc3ccccc3[N+](=O)[O-])c2[nH]1. The number of guanidine groups is 1. The number of nitrogens with zero attached hydrogens (tertiary/aromatic N) is 2. The van der Waals surface area contributed by atoms with Gasteiger partial charge in [-0.1, -0.05) is 24.3 Å². The van der Waals surface area contributed by atoms with Crippen molar-refractivity contribution in [1.29, 1.82) is 5.41 Å². The van der Waals surface area contributed by atoms with Crippen LogP contribution in [-0.2, 0) is 0 Å². The zero-order valence-electron chi connectivity index (χ0n) is 13.7. The lowest BCUT2D eigenvalue weighted by molar-refractivity contribution is -0.385. The molecule has 3 rings (SSSR count). The third kappa shape index (κ3) is 3.05. The van der Waals surface area contributed by atoms with Crippen LogP contribution in [0.2, 0.25) is 0 Å². The third-order valence-corrected chi connectivity index (χ3v) is 3.80. The summed E-state index contributed by atoms with van der Waals surface area (Å²) in [6.45, 7) is 0. The van der Waals surface area contributed by atoms with Gasteiger partial charge in [-0.15, -0.1) is 0 Å². The van der Waals surface area contributed by atoms with Crippen LogP contribution in [0.25, 0.3) is 10.9 Å². The molecule has 1 aromatic heterocycles. The number of ether oxygens (including phenoxy) is 1. The standard InChI is InChI=1S/C17H15N5O4/c1-21(17(18)19)16(23)11-9-10-5-4-8-14(15(10)20-11)26-13-7-3-2-6-12(13)22(24)25/h2-9,20H,1H3,(H3,18,19). The van der Waals surface area contributed by atoms with Gasteiger partial charge in [-0.25, -0.2) is 0 Å². The number of para-hydroxylation sites is 3. The van der Waals surface area contributed by atoms with E-state index in [4.69, 9.17) is 15.9 Å². The summed E-state index contributed by atoms with van der Waals surface area (Å²) in [4.78, 5) is 26.9. The predicted molar refractivity (Wildman–Crippen MR) is 95.5 cm³/mol. The summed E-state index contributed by atoms with van der Waals surface area (Å²) in [7, 11) is 1.39. The number of carbonyl (C=O) groups excluding carboxylic acids is 1. The van der Waals surface area contributed by atoms with E-state index in [2.05, 4.69) is 4.98 Å². The first-order chi connectivity index (χ1) is 12.4. The second-order valence-corrected chi connectivity index (χ2v) is 5.48. The van der Waals surface area contributed by atoms with E-state index < -0.39 is 10.8 Å². The molecule has 26 heavy (non-hydrogen) atoms. The Kier molecular flexibility index (Phi) is 4.27. The van der Waals surface area contributed by atoms with Crippen molar-refractivity contribution in [3.8, 4) is 11.5 Å². The van der Waals surface area contributed by atoms with Crippen molar-refractivity contribution < 1.29 is 14.5 Å². The van der Waals surface area contributed by atoms with Gasteiger partial charge in [0.25, 0.3) is 5.91 Å². The maximum atomic E-state index is 12.3. The Morgan fingerprint density at radius 1 is 1.23 bits per heavy atom. The lowest BCUT2D eigenvalue weighted by atomic mass is 10.2. The van der Waals surface area contributed by atoms with E-state index >= 15 is 0 Å². The Labute approximate surface area is 147 Å². The Hall–Kier alpha value is -3.88. The van der Waals surface area contributed by atoms with Crippen LogP contribution in [-0.4, -0.2) is 33.7 Å². The van der Waals surface area contributed by atoms with E-state index in [0.717, 1.165) is 4.90 Å². The van der Waals surface area contributed by atoms with Crippen LogP contribution in [0.3, 0.4) is 0 Å². The number of fused-ring (bicyclic) bond motifs is 1. The van der Waals surface area contributed by atoms with Gasteiger partial charge in [-0.05, 0) is 18.2 Å². The number of carbonyl (C=O) groups is 1. The Bertz CT molecular complexity index is 1030. The number of aromatic nitrogens is 1. The molecule has 0 spiro atoms. The number of H-pyrrole nitrogens is 1. The van der Waals surface area contributed by atoms with Crippen molar-refractivity contribution in [3.63, 3.8) is 0 Å². The first-order valence-electron chi connectivity index (χ1n) is 7.53. The van der Waals surface area contributed by atoms with Gasteiger partial charge >= 0.3 is 5.69 Å². The van der Waals surface area contributed by atoms with Crippen LogP contribution >= 0.6 is 0 Å². The van der Waals surface area contributed by atoms with Crippen molar-refractivity contribution in [1.82, 2.24) is 9.88 Å². The maximum absolute atomic E-state index is 12.3. The second-order valence-electron chi connectivity index (χ2n) is 5.48. The largest absolute Gasteiger partial charge is 0.448 e. The van der Waals surface area contributed by atoms with E-state index in [9.17, 15) is 14.9 Å². The number of amides is 1. The zero-order chi connectivity index (χ0) is 18.8. The summed E-state index contributed by atoms with van der Waals surface area (Å²) >= 11 is 0. The minimum atomic E-state index is -0.527. The summed E-state index contributed by atoms with van der Waals surface area (Å²) in [6, 6.07) is 12.7. The maximum Gasteiger partial charge on any atom is 0.311 e. The fraction of sp³-hybridized carbons (Fsp3) is 0.0588. The summed E-state index contributed by atoms with van der Waals surface area (Å²) in [5.74, 6) is -0.440. The molecule has 3 aromatic rings. The second kappa shape index (κ2) is 6.55. The van der Waals surface area contributed by atoms with Crippen LogP contribution < -0.4 is 10.5 Å². The van der Waals surface area contributed by atoms with Crippen LogP contribution in [0.15, 0.2) is 48.5 Å². The van der Waals surface area contributed by atoms with Gasteiger partial charge in [-0.2, -0.15) is 0 Å². The number of nitrogens with one attached hydrogen (secondary N) is 2. The molecule has 0 atom stereocenters. The highest BCUT2D eigenvalue weighted by Gasteiger charge is 2.19. The van der Waals surface area contributed by atoms with Crippen LogP contribution in [0.5, 0.6) is 11.5 Å². The van der Waals surface area contributed by atoms with E-state index in [1.54, 1.807) is 36.4 Å². The average Bonchev–Trinajstić information content (AvgIpc) is 3.06. The topological polar surface area (TPSA) is 138 Å². The number of benzene rings is 2. The van der Waals surface area contributed by atoms with Crippen molar-refractivity contribution >= 4 is 28.5 Å². The van der Waals surface area contributed by atoms with Gasteiger partial charge in [0.1, 0.15) is 5.69 Å². The van der Waals surface area contributed by atoms with E-state index in [1.807, 2.05) is 0 Å². The average molecular weight is 353 g/mol. The van der Waals surface area contributed by atoms with Crippen molar-refractivity contribution in [2.75, 3.05) is 7.05 Å². The molecule has 0 saturated heterocycles. The molecular formula is C17H15N5O4. The fourth-order valence-electron chi connectivity index (χ4n) is 2.43. The first kappa shape index (κ1) is 17.0. The van der Waals surface area contributed by atoms with Crippen molar-refractivity contribution in [2.24, 2.45) is 5.73 Å². The summed E-state index contributed by atoms with van der Waals surface area (Å²) in [5, 5.41) is 19.2. The van der Waals surface area contributed by atoms with Gasteiger partial charge in [0, 0.05) is 18.5 Å². The molecule has 9 heteroatoms. The number of nitro groups is 1. The lowest BCUT2D eigenvalue weighted by Gasteiger charge is -2.12. The van der Waals surface area contributed by atoms with Crippen molar-refractivity contribution in [3.05, 3.63) is 64.3 Å². The fourth-order valence-corrected chi connectivity index (χ4v) is 2.43. The van der Waals surface area contributed by atoms with Crippen LogP contribution in [0.1, 0.15) is 10.5 Å². The minimum Gasteiger partial charge on any atom is -0.448 e. The number of aromatic amines is 1. The van der Waals surface area contributed by atoms with E-state index in [-0.39, 0.29) is 23.1 Å². The number of rotatable bonds is 4. The monoisotopic (exact) mass is 353 g/mol. The molecule has 0 aliphatic rings. The van der Waals surface area contributed by atoms with E-state index in [0.29, 0.717) is 16.7 Å². The van der Waals surface area contributed by atoms with Gasteiger partial charge < -0.3 is 15.5 Å². The Morgan fingerprint density at radius 3 is 2.62 bits per heavy atom. The number of hydrogen-bond acceptors (Lipinski definition) is 5. The zero-order valence-corrected chi connectivity index (χ0v) is 13.7. The Morgan fingerprint density at radius 2 is 1.92 bits per heavy atom. The van der Waals surface area contributed by atoms with Gasteiger partial charge in [-0.3, -0.25) is 25.2 Å². The first-order valence-corrected chi connectivity index (χ1v) is 7.53. The molecule has 2 aromatic carbocycles. The molecule has 9 nitrogen and oxygen atoms in total. The number of hydrogen-bond donors (Lipinski definition) is 3. The van der Waals surface area contributed by atoms with Gasteiger partial charge in [0.2, 0.25) is 5.75 Å². The number of nitro benzene ring substituents is 1. The molecule has 4 N–H and O–H groups in total. The molecule has 1 amide bonds. The van der Waals surface area contributed by atoms with Crippen LogP contribution in [0, 0.1) is 15.5 Å². The minimum absolute atomic E-state index is 0.0910. The van der Waals surface area contributed by atoms with Gasteiger partial charge in [0.15, 0.2) is 11.7 Å². The predicted octanol–water partition coefficient (Wildman–Crippen LogP) is 2.83. The molecule has 0 aliphatic heterocycles. The van der Waals surface area contributed by atoms with Crippen LogP contribution in [0.4, 0.5) is 5.69 Å². The number of nitrogens with two attached hydrogens (primary N) is 1. The molecule has 0 bridgehead atoms. The molecule has 1 heterocycles. The molecule has 132 valence electrons. The van der Waals surface area contributed by atoms with Gasteiger partial charge in [0.05, 0.1) is 10.4 Å². The highest BCUT2D eigenvalue weighted by atomic mass is 16.6. The summed E-state index contributed by atoms with van der Waals surface area (Å²) in [6.07, 6.45) is 0.